The molecule has 0 unspecified atom stereocenters. The van der Waals surface area contributed by atoms with Crippen molar-refractivity contribution in [3.63, 3.8) is 0 Å². The van der Waals surface area contributed by atoms with Crippen molar-refractivity contribution >= 4 is 23.4 Å². The van der Waals surface area contributed by atoms with Crippen LogP contribution in [0.15, 0.2) is 77.2 Å². The molecule has 172 valence electrons. The van der Waals surface area contributed by atoms with Crippen molar-refractivity contribution in [1.29, 1.82) is 0 Å². The number of methoxy groups -OCH3 is 1. The second-order valence-electron chi connectivity index (χ2n) is 8.31. The van der Waals surface area contributed by atoms with E-state index in [1.165, 1.54) is 25.9 Å². The van der Waals surface area contributed by atoms with Crippen molar-refractivity contribution in [2.75, 3.05) is 33.4 Å². The van der Waals surface area contributed by atoms with Crippen LogP contribution in [0, 0.1) is 0 Å². The molecule has 1 fully saturated rings. The minimum absolute atomic E-state index is 0. The molecule has 33 heavy (non-hydrogen) atoms. The quantitative estimate of drug-likeness (QED) is 0.262. The summed E-state index contributed by atoms with van der Waals surface area (Å²) >= 11 is 0. The van der Waals surface area contributed by atoms with Gasteiger partial charge in [-0.15, -0.1) is 12.4 Å². The number of furan rings is 1. The monoisotopic (exact) mass is 463 g/mol. The molecular weight excluding hydrogens is 434 g/mol. The van der Waals surface area contributed by atoms with Crippen LogP contribution in [0.5, 0.6) is 11.5 Å². The van der Waals surface area contributed by atoms with Gasteiger partial charge in [-0.3, -0.25) is 0 Å². The summed E-state index contributed by atoms with van der Waals surface area (Å²) in [6.45, 7) is 4.36. The molecule has 0 N–H and O–H groups in total. The molecule has 1 aliphatic heterocycles. The number of nitrogens with zero attached hydrogens (tertiary/aromatic N) is 1. The maximum atomic E-state index is 6.32. The summed E-state index contributed by atoms with van der Waals surface area (Å²) in [7, 11) is 1.67. The van der Waals surface area contributed by atoms with Gasteiger partial charge in [-0.1, -0.05) is 42.5 Å². The van der Waals surface area contributed by atoms with E-state index in [2.05, 4.69) is 47.4 Å². The summed E-state index contributed by atoms with van der Waals surface area (Å²) < 4.78 is 17.7. The van der Waals surface area contributed by atoms with Crippen molar-refractivity contribution < 1.29 is 13.9 Å². The Kier molecular flexibility index (Phi) is 7.58. The van der Waals surface area contributed by atoms with Crippen LogP contribution in [-0.4, -0.2) is 38.3 Å². The standard InChI is InChI=1S/C28H29NO3.ClH/c1-30-24-14-15-25-26(20-24)32-28(22-8-3-2-4-9-22)27(25)21-10-12-23(13-11-21)31-19-7-18-29-16-5-6-17-29;/h2-4,8-15,20H,5-7,16-19H2,1H3;1H. The van der Waals surface area contributed by atoms with Gasteiger partial charge in [0.15, 0.2) is 0 Å². The van der Waals surface area contributed by atoms with Crippen LogP contribution in [0.2, 0.25) is 0 Å². The third-order valence-corrected chi connectivity index (χ3v) is 6.16. The maximum Gasteiger partial charge on any atom is 0.143 e. The van der Waals surface area contributed by atoms with Gasteiger partial charge in [0.05, 0.1) is 13.7 Å². The second kappa shape index (κ2) is 10.8. The molecule has 0 atom stereocenters. The van der Waals surface area contributed by atoms with Crippen LogP contribution < -0.4 is 9.47 Å². The summed E-state index contributed by atoms with van der Waals surface area (Å²) in [5.41, 5.74) is 4.08. The minimum Gasteiger partial charge on any atom is -0.497 e. The number of hydrogen-bond donors (Lipinski definition) is 0. The summed E-state index contributed by atoms with van der Waals surface area (Å²) in [6.07, 6.45) is 3.74. The fraction of sp³-hybridized carbons (Fsp3) is 0.286. The number of likely N-dealkylation sites (tertiary alicyclic amines) is 1. The Balaban J connectivity index is 0.00000259. The fourth-order valence-electron chi connectivity index (χ4n) is 4.49. The van der Waals surface area contributed by atoms with E-state index >= 15 is 0 Å². The van der Waals surface area contributed by atoms with E-state index in [0.29, 0.717) is 0 Å². The van der Waals surface area contributed by atoms with Gasteiger partial charge in [-0.2, -0.15) is 0 Å². The molecule has 1 aliphatic rings. The maximum absolute atomic E-state index is 6.32. The average Bonchev–Trinajstić information content (AvgIpc) is 3.50. The zero-order chi connectivity index (χ0) is 21.8. The molecule has 4 nitrogen and oxygen atoms in total. The van der Waals surface area contributed by atoms with Crippen LogP contribution in [-0.2, 0) is 0 Å². The van der Waals surface area contributed by atoms with Gasteiger partial charge in [0, 0.05) is 29.1 Å². The molecule has 5 heteroatoms. The van der Waals surface area contributed by atoms with Crippen LogP contribution in [0.25, 0.3) is 33.4 Å². The van der Waals surface area contributed by atoms with E-state index in [0.717, 1.165) is 64.5 Å². The van der Waals surface area contributed by atoms with Gasteiger partial charge in [-0.05, 0) is 62.2 Å². The van der Waals surface area contributed by atoms with Gasteiger partial charge < -0.3 is 18.8 Å². The molecule has 1 aromatic heterocycles. The molecule has 2 heterocycles. The third-order valence-electron chi connectivity index (χ3n) is 6.16. The van der Waals surface area contributed by atoms with Crippen LogP contribution in [0.3, 0.4) is 0 Å². The lowest BCUT2D eigenvalue weighted by Gasteiger charge is -2.14. The first-order valence-electron chi connectivity index (χ1n) is 11.4. The van der Waals surface area contributed by atoms with Crippen molar-refractivity contribution in [2.24, 2.45) is 0 Å². The molecule has 0 aliphatic carbocycles. The lowest BCUT2D eigenvalue weighted by molar-refractivity contribution is 0.263. The Morgan fingerprint density at radius 2 is 1.58 bits per heavy atom. The lowest BCUT2D eigenvalue weighted by atomic mass is 9.98. The summed E-state index contributed by atoms with van der Waals surface area (Å²) in [6, 6.07) is 24.6. The largest absolute Gasteiger partial charge is 0.497 e. The highest BCUT2D eigenvalue weighted by molar-refractivity contribution is 6.02. The Labute approximate surface area is 201 Å². The Hall–Kier alpha value is -2.95. The third kappa shape index (κ3) is 5.18. The van der Waals surface area contributed by atoms with Crippen LogP contribution in [0.1, 0.15) is 19.3 Å². The number of hydrogen-bond acceptors (Lipinski definition) is 4. The van der Waals surface area contributed by atoms with Crippen molar-refractivity contribution in [1.82, 2.24) is 4.90 Å². The highest BCUT2D eigenvalue weighted by Crippen LogP contribution is 2.42. The van der Waals surface area contributed by atoms with Crippen molar-refractivity contribution in [2.45, 2.75) is 19.3 Å². The van der Waals surface area contributed by atoms with Crippen LogP contribution >= 0.6 is 12.4 Å². The number of benzene rings is 3. The first-order chi connectivity index (χ1) is 15.8. The number of rotatable bonds is 8. The molecular formula is C28H30ClNO3. The van der Waals surface area contributed by atoms with Crippen LogP contribution in [0.4, 0.5) is 0 Å². The Morgan fingerprint density at radius 3 is 2.30 bits per heavy atom. The molecule has 0 bridgehead atoms. The Bertz CT molecular complexity index is 1170. The lowest BCUT2D eigenvalue weighted by Crippen LogP contribution is -2.21. The normalized spacial score (nSPS) is 13.7. The van der Waals surface area contributed by atoms with E-state index < -0.39 is 0 Å². The summed E-state index contributed by atoms with van der Waals surface area (Å²) in [4.78, 5) is 2.52. The average molecular weight is 464 g/mol. The fourth-order valence-corrected chi connectivity index (χ4v) is 4.49. The molecule has 1 saturated heterocycles. The minimum atomic E-state index is 0. The Morgan fingerprint density at radius 1 is 0.848 bits per heavy atom. The molecule has 0 saturated carbocycles. The number of fused-ring (bicyclic) bond motifs is 1. The van der Waals surface area contributed by atoms with E-state index in [-0.39, 0.29) is 12.4 Å². The predicted molar refractivity (Wildman–Crippen MR) is 137 cm³/mol. The zero-order valence-corrected chi connectivity index (χ0v) is 19.8. The van der Waals surface area contributed by atoms with Gasteiger partial charge in [0.2, 0.25) is 0 Å². The first kappa shape index (κ1) is 23.2. The molecule has 0 amide bonds. The SMILES string of the molecule is COc1ccc2c(-c3ccc(OCCCN4CCCC4)cc3)c(-c3ccccc3)oc2c1.Cl. The highest BCUT2D eigenvalue weighted by atomic mass is 35.5. The van der Waals surface area contributed by atoms with Crippen molar-refractivity contribution in [3.8, 4) is 33.9 Å². The number of halogens is 1. The molecule has 5 rings (SSSR count). The van der Waals surface area contributed by atoms with Crippen molar-refractivity contribution in [3.05, 3.63) is 72.8 Å². The molecule has 0 radical (unpaired) electrons. The zero-order valence-electron chi connectivity index (χ0n) is 19.0. The molecule has 0 spiro atoms. The smallest absolute Gasteiger partial charge is 0.143 e. The van der Waals surface area contributed by atoms with Gasteiger partial charge >= 0.3 is 0 Å². The highest BCUT2D eigenvalue weighted by Gasteiger charge is 2.18. The van der Waals surface area contributed by atoms with Gasteiger partial charge in [-0.25, -0.2) is 0 Å². The van der Waals surface area contributed by atoms with E-state index in [9.17, 15) is 0 Å². The van der Waals surface area contributed by atoms with E-state index in [1.807, 2.05) is 30.3 Å². The van der Waals surface area contributed by atoms with Gasteiger partial charge in [0.1, 0.15) is 22.8 Å². The number of ether oxygens (including phenoxy) is 2. The molecule has 3 aromatic carbocycles. The van der Waals surface area contributed by atoms with Gasteiger partial charge in [0.25, 0.3) is 0 Å². The molecule has 4 aromatic rings. The van der Waals surface area contributed by atoms with E-state index in [4.69, 9.17) is 13.9 Å². The first-order valence-corrected chi connectivity index (χ1v) is 11.4. The predicted octanol–water partition coefficient (Wildman–Crippen LogP) is 7.06. The summed E-state index contributed by atoms with van der Waals surface area (Å²) in [5.74, 6) is 2.56. The summed E-state index contributed by atoms with van der Waals surface area (Å²) in [5, 5.41) is 1.07. The second-order valence-corrected chi connectivity index (χ2v) is 8.31. The van der Waals surface area contributed by atoms with E-state index in [1.54, 1.807) is 7.11 Å². The topological polar surface area (TPSA) is 34.8 Å².